The third-order valence-electron chi connectivity index (χ3n) is 5.16. The Morgan fingerprint density at radius 3 is 2.20 bits per heavy atom. The summed E-state index contributed by atoms with van der Waals surface area (Å²) in [6.07, 6.45) is -0.0910. The highest BCUT2D eigenvalue weighted by Crippen LogP contribution is 2.36. The molecule has 2 atom stereocenters. The molecule has 0 aliphatic carbocycles. The molecule has 1 fully saturated rings. The molecule has 1 saturated heterocycles. The Hall–Kier alpha value is -3.40. The van der Waals surface area contributed by atoms with Crippen LogP contribution in [0.1, 0.15) is 13.3 Å². The lowest BCUT2D eigenvalue weighted by atomic mass is 9.87. The summed E-state index contributed by atoms with van der Waals surface area (Å²) in [6.45, 7) is 1.63. The summed E-state index contributed by atoms with van der Waals surface area (Å²) in [5, 5.41) is 16.2. The molecule has 2 aliphatic rings. The number of nitro benzene ring substituents is 1. The van der Waals surface area contributed by atoms with Gasteiger partial charge < -0.3 is 0 Å². The number of nitro groups is 1. The topological polar surface area (TPSA) is 113 Å². The summed E-state index contributed by atoms with van der Waals surface area (Å²) < 4.78 is 0.814. The van der Waals surface area contributed by atoms with Crippen molar-refractivity contribution in [2.24, 2.45) is 16.9 Å². The fraction of sp³-hybridized carbons (Fsp3) is 0.200. The molecule has 2 aliphatic heterocycles. The predicted molar refractivity (Wildman–Crippen MR) is 112 cm³/mol. The van der Waals surface area contributed by atoms with Gasteiger partial charge in [-0.05, 0) is 43.3 Å². The fourth-order valence-corrected chi connectivity index (χ4v) is 3.99. The van der Waals surface area contributed by atoms with Crippen LogP contribution in [0.25, 0.3) is 0 Å². The number of amides is 3. The van der Waals surface area contributed by atoms with Gasteiger partial charge in [-0.25, -0.2) is 5.01 Å². The van der Waals surface area contributed by atoms with E-state index in [4.69, 9.17) is 0 Å². The van der Waals surface area contributed by atoms with Gasteiger partial charge in [-0.2, -0.15) is 5.10 Å². The molecule has 0 bridgehead atoms. The van der Waals surface area contributed by atoms with Crippen LogP contribution in [0, 0.1) is 22.0 Å². The van der Waals surface area contributed by atoms with Gasteiger partial charge in [-0.15, -0.1) is 0 Å². The first-order valence-corrected chi connectivity index (χ1v) is 9.83. The Morgan fingerprint density at radius 1 is 1.00 bits per heavy atom. The number of anilines is 2. The maximum Gasteiger partial charge on any atom is 0.269 e. The van der Waals surface area contributed by atoms with E-state index in [1.165, 1.54) is 24.3 Å². The van der Waals surface area contributed by atoms with Crippen LogP contribution in [-0.4, -0.2) is 28.4 Å². The Bertz CT molecular complexity index is 1100. The number of rotatable bonds is 4. The number of hydrazone groups is 1. The molecule has 0 N–H and O–H groups in total. The lowest BCUT2D eigenvalue weighted by molar-refractivity contribution is -0.384. The number of hydrogen-bond donors (Lipinski definition) is 0. The molecule has 0 unspecified atom stereocenters. The molecule has 0 aromatic heterocycles. The van der Waals surface area contributed by atoms with E-state index in [-0.39, 0.29) is 18.0 Å². The van der Waals surface area contributed by atoms with Crippen molar-refractivity contribution in [2.75, 3.05) is 9.91 Å². The molecule has 0 radical (unpaired) electrons. The molecule has 9 nitrogen and oxygen atoms in total. The van der Waals surface area contributed by atoms with Crippen LogP contribution < -0.4 is 9.91 Å². The van der Waals surface area contributed by atoms with Crippen LogP contribution in [-0.2, 0) is 14.4 Å². The summed E-state index contributed by atoms with van der Waals surface area (Å²) in [5.74, 6) is -2.97. The van der Waals surface area contributed by atoms with E-state index in [0.29, 0.717) is 17.1 Å². The molecule has 10 heteroatoms. The number of carbonyl (C=O) groups is 3. The van der Waals surface area contributed by atoms with Crippen molar-refractivity contribution in [3.63, 3.8) is 0 Å². The summed E-state index contributed by atoms with van der Waals surface area (Å²) in [7, 11) is 0. The third-order valence-corrected chi connectivity index (χ3v) is 5.69. The van der Waals surface area contributed by atoms with Crippen molar-refractivity contribution in [1.29, 1.82) is 0 Å². The number of nitrogens with zero attached hydrogens (tertiary/aromatic N) is 4. The van der Waals surface area contributed by atoms with E-state index in [2.05, 4.69) is 21.0 Å². The Labute approximate surface area is 179 Å². The number of benzene rings is 2. The second-order valence-electron chi connectivity index (χ2n) is 7.00. The standard InChI is InChI=1S/C20H15BrN4O5/c1-11-18(20(28)24(22-11)14-6-8-15(9-7-14)25(29)30)16-10-17(26)23(19(16)27)13-4-2-12(21)3-5-13/h2-9,16,18H,10H2,1H3/t16-,18-/m1/s1. The van der Waals surface area contributed by atoms with E-state index in [1.807, 2.05) is 0 Å². The van der Waals surface area contributed by atoms with Crippen LogP contribution in [0.2, 0.25) is 0 Å². The van der Waals surface area contributed by atoms with E-state index in [0.717, 1.165) is 14.4 Å². The molecule has 152 valence electrons. The average Bonchev–Trinajstić information content (AvgIpc) is 3.17. The van der Waals surface area contributed by atoms with E-state index in [9.17, 15) is 24.5 Å². The first-order chi connectivity index (χ1) is 14.3. The molecule has 3 amide bonds. The predicted octanol–water partition coefficient (Wildman–Crippen LogP) is 3.28. The lowest BCUT2D eigenvalue weighted by Crippen LogP contribution is -2.37. The number of non-ortho nitro benzene ring substituents is 1. The monoisotopic (exact) mass is 470 g/mol. The van der Waals surface area contributed by atoms with Crippen molar-refractivity contribution in [3.05, 3.63) is 63.1 Å². The minimum atomic E-state index is -0.864. The SMILES string of the molecule is CC1=NN(c2ccc([N+](=O)[O-])cc2)C(=O)[C@H]1[C@H]1CC(=O)N(c2ccc(Br)cc2)C1=O. The van der Waals surface area contributed by atoms with Crippen molar-refractivity contribution >= 4 is 56.4 Å². The molecule has 30 heavy (non-hydrogen) atoms. The van der Waals surface area contributed by atoms with Crippen molar-refractivity contribution in [2.45, 2.75) is 13.3 Å². The van der Waals surface area contributed by atoms with Gasteiger partial charge in [0.25, 0.3) is 11.6 Å². The van der Waals surface area contributed by atoms with Gasteiger partial charge >= 0.3 is 0 Å². The minimum absolute atomic E-state index is 0.0910. The van der Waals surface area contributed by atoms with Crippen LogP contribution in [0.15, 0.2) is 58.1 Å². The molecule has 2 heterocycles. The highest BCUT2D eigenvalue weighted by molar-refractivity contribution is 9.10. The lowest BCUT2D eigenvalue weighted by Gasteiger charge is -2.19. The Kier molecular flexibility index (Phi) is 4.94. The molecular formula is C20H15BrN4O5. The van der Waals surface area contributed by atoms with Gasteiger partial charge in [-0.1, -0.05) is 15.9 Å². The Balaban J connectivity index is 1.59. The summed E-state index contributed by atoms with van der Waals surface area (Å²) in [6, 6.07) is 12.2. The fourth-order valence-electron chi connectivity index (χ4n) is 3.72. The largest absolute Gasteiger partial charge is 0.274 e. The highest BCUT2D eigenvalue weighted by Gasteiger charge is 2.50. The van der Waals surface area contributed by atoms with Gasteiger partial charge in [0.2, 0.25) is 11.8 Å². The molecule has 2 aromatic carbocycles. The van der Waals surface area contributed by atoms with Crippen molar-refractivity contribution in [1.82, 2.24) is 0 Å². The van der Waals surface area contributed by atoms with Gasteiger partial charge in [0.1, 0.15) is 0 Å². The highest BCUT2D eigenvalue weighted by atomic mass is 79.9. The molecule has 0 saturated carbocycles. The number of carbonyl (C=O) groups excluding carboxylic acids is 3. The maximum absolute atomic E-state index is 13.1. The second-order valence-corrected chi connectivity index (χ2v) is 7.91. The zero-order valence-corrected chi connectivity index (χ0v) is 17.3. The van der Waals surface area contributed by atoms with E-state index < -0.39 is 28.6 Å². The van der Waals surface area contributed by atoms with E-state index in [1.54, 1.807) is 31.2 Å². The smallest absolute Gasteiger partial charge is 0.269 e. The van der Waals surface area contributed by atoms with Crippen LogP contribution >= 0.6 is 15.9 Å². The van der Waals surface area contributed by atoms with Crippen molar-refractivity contribution < 1.29 is 19.3 Å². The molecule has 2 aromatic rings. The van der Waals surface area contributed by atoms with Gasteiger partial charge in [0.15, 0.2) is 0 Å². The normalized spacial score (nSPS) is 21.4. The zero-order valence-electron chi connectivity index (χ0n) is 15.7. The van der Waals surface area contributed by atoms with Gasteiger partial charge in [0.05, 0.1) is 28.1 Å². The van der Waals surface area contributed by atoms with Crippen LogP contribution in [0.3, 0.4) is 0 Å². The number of imide groups is 1. The van der Waals surface area contributed by atoms with Gasteiger partial charge in [-0.3, -0.25) is 29.4 Å². The summed E-state index contributed by atoms with van der Waals surface area (Å²) in [4.78, 5) is 50.1. The number of hydrogen-bond acceptors (Lipinski definition) is 6. The van der Waals surface area contributed by atoms with E-state index >= 15 is 0 Å². The van der Waals surface area contributed by atoms with Crippen LogP contribution in [0.5, 0.6) is 0 Å². The first-order valence-electron chi connectivity index (χ1n) is 9.04. The van der Waals surface area contributed by atoms with Crippen molar-refractivity contribution in [3.8, 4) is 0 Å². The first kappa shape index (κ1) is 19.9. The second kappa shape index (κ2) is 7.45. The Morgan fingerprint density at radius 2 is 1.60 bits per heavy atom. The maximum atomic E-state index is 13.1. The minimum Gasteiger partial charge on any atom is -0.274 e. The summed E-state index contributed by atoms with van der Waals surface area (Å²) in [5.41, 5.74) is 1.11. The quantitative estimate of drug-likeness (QED) is 0.386. The zero-order chi connectivity index (χ0) is 21.6. The molecule has 0 spiro atoms. The third kappa shape index (κ3) is 3.28. The summed E-state index contributed by atoms with van der Waals surface area (Å²) >= 11 is 3.32. The molecular weight excluding hydrogens is 456 g/mol. The average molecular weight is 471 g/mol. The molecule has 4 rings (SSSR count). The van der Waals surface area contributed by atoms with Gasteiger partial charge in [0, 0.05) is 28.7 Å². The number of halogens is 1. The van der Waals surface area contributed by atoms with Crippen LogP contribution in [0.4, 0.5) is 17.1 Å².